The molecule has 4 aromatic rings. The van der Waals surface area contributed by atoms with Crippen LogP contribution in [0.3, 0.4) is 0 Å². The number of halogens is 3. The van der Waals surface area contributed by atoms with Gasteiger partial charge in [0.05, 0.1) is 24.6 Å². The summed E-state index contributed by atoms with van der Waals surface area (Å²) in [6.07, 6.45) is 3.32. The lowest BCUT2D eigenvalue weighted by atomic mass is 10.1. The van der Waals surface area contributed by atoms with Crippen molar-refractivity contribution in [2.45, 2.75) is 51.9 Å². The minimum absolute atomic E-state index is 0.321. The van der Waals surface area contributed by atoms with Crippen LogP contribution < -0.4 is 0 Å². The molecule has 1 aliphatic carbocycles. The molecule has 5 nitrogen and oxygen atoms in total. The van der Waals surface area contributed by atoms with E-state index >= 15 is 0 Å². The van der Waals surface area contributed by atoms with Gasteiger partial charge in [0.25, 0.3) is 6.43 Å². The van der Waals surface area contributed by atoms with Crippen LogP contribution in [0.1, 0.15) is 60.4 Å². The van der Waals surface area contributed by atoms with Crippen LogP contribution in [-0.2, 0) is 24.3 Å². The number of benzene rings is 2. The molecule has 2 heterocycles. The summed E-state index contributed by atoms with van der Waals surface area (Å²) in [5, 5.41) is 8.61. The van der Waals surface area contributed by atoms with E-state index in [-0.39, 0.29) is 5.69 Å². The SMILES string of the molecule is C[C@@H](OCc1ccccc1)c1cc(F)ccc1-n1nc(C(F)F)cc1Cc1cnn(CC2CC2)c1. The Balaban J connectivity index is 1.44. The quantitative estimate of drug-likeness (QED) is 0.263. The molecule has 0 saturated heterocycles. The first kappa shape index (κ1) is 23.4. The summed E-state index contributed by atoms with van der Waals surface area (Å²) in [5.41, 5.74) is 3.20. The maximum Gasteiger partial charge on any atom is 0.282 e. The van der Waals surface area contributed by atoms with Crippen molar-refractivity contribution in [3.63, 3.8) is 0 Å². The summed E-state index contributed by atoms with van der Waals surface area (Å²) in [5.74, 6) is 0.251. The van der Waals surface area contributed by atoms with Crippen molar-refractivity contribution >= 4 is 0 Å². The average molecular weight is 481 g/mol. The van der Waals surface area contributed by atoms with Crippen molar-refractivity contribution in [2.75, 3.05) is 0 Å². The van der Waals surface area contributed by atoms with Gasteiger partial charge in [-0.15, -0.1) is 0 Å². The molecule has 2 aromatic carbocycles. The van der Waals surface area contributed by atoms with Crippen LogP contribution in [0, 0.1) is 11.7 Å². The molecule has 0 spiro atoms. The summed E-state index contributed by atoms with van der Waals surface area (Å²) in [6.45, 7) is 3.03. The Hall–Kier alpha value is -3.39. The van der Waals surface area contributed by atoms with Gasteiger partial charge in [-0.2, -0.15) is 10.2 Å². The van der Waals surface area contributed by atoms with Crippen LogP contribution in [0.2, 0.25) is 0 Å². The first-order valence-corrected chi connectivity index (χ1v) is 11.8. The minimum atomic E-state index is -2.72. The predicted octanol–water partition coefficient (Wildman–Crippen LogP) is 6.42. The third-order valence-corrected chi connectivity index (χ3v) is 6.24. The first-order chi connectivity index (χ1) is 17.0. The Bertz CT molecular complexity index is 1280. The van der Waals surface area contributed by atoms with E-state index in [1.165, 1.54) is 35.7 Å². The molecule has 1 atom stereocenters. The summed E-state index contributed by atoms with van der Waals surface area (Å²) < 4.78 is 50.9. The zero-order chi connectivity index (χ0) is 24.4. The monoisotopic (exact) mass is 480 g/mol. The van der Waals surface area contributed by atoms with Crippen molar-refractivity contribution in [1.82, 2.24) is 19.6 Å². The summed E-state index contributed by atoms with van der Waals surface area (Å²) in [4.78, 5) is 0. The van der Waals surface area contributed by atoms with E-state index in [0.717, 1.165) is 17.7 Å². The highest BCUT2D eigenvalue weighted by molar-refractivity contribution is 5.44. The van der Waals surface area contributed by atoms with E-state index in [1.807, 2.05) is 48.1 Å². The Morgan fingerprint density at radius 3 is 2.60 bits per heavy atom. The number of rotatable bonds is 10. The smallest absolute Gasteiger partial charge is 0.282 e. The first-order valence-electron chi connectivity index (χ1n) is 11.8. The molecule has 8 heteroatoms. The highest BCUT2D eigenvalue weighted by Crippen LogP contribution is 2.31. The lowest BCUT2D eigenvalue weighted by Gasteiger charge is -2.19. The van der Waals surface area contributed by atoms with E-state index in [9.17, 15) is 13.2 Å². The van der Waals surface area contributed by atoms with Gasteiger partial charge in [0, 0.05) is 30.4 Å². The summed E-state index contributed by atoms with van der Waals surface area (Å²) in [6, 6.07) is 15.3. The Kier molecular flexibility index (Phi) is 6.72. The van der Waals surface area contributed by atoms with Crippen molar-refractivity contribution in [2.24, 2.45) is 5.92 Å². The molecular weight excluding hydrogens is 453 g/mol. The highest BCUT2D eigenvalue weighted by Gasteiger charge is 2.23. The summed E-state index contributed by atoms with van der Waals surface area (Å²) in [7, 11) is 0. The second-order valence-corrected chi connectivity index (χ2v) is 9.11. The number of alkyl halides is 2. The van der Waals surface area contributed by atoms with Crippen LogP contribution in [0.4, 0.5) is 13.2 Å². The van der Waals surface area contributed by atoms with E-state index in [0.29, 0.717) is 35.9 Å². The van der Waals surface area contributed by atoms with E-state index < -0.39 is 18.3 Å². The van der Waals surface area contributed by atoms with Gasteiger partial charge >= 0.3 is 0 Å². The molecule has 1 saturated carbocycles. The fraction of sp³-hybridized carbons (Fsp3) is 0.333. The molecular formula is C27H27F3N4O. The Morgan fingerprint density at radius 1 is 1.06 bits per heavy atom. The lowest BCUT2D eigenvalue weighted by Crippen LogP contribution is -2.10. The number of aromatic nitrogens is 4. The molecule has 1 aliphatic rings. The lowest BCUT2D eigenvalue weighted by molar-refractivity contribution is 0.0522. The van der Waals surface area contributed by atoms with Crippen molar-refractivity contribution in [1.29, 1.82) is 0 Å². The van der Waals surface area contributed by atoms with E-state index in [1.54, 1.807) is 12.3 Å². The Labute approximate surface area is 202 Å². The zero-order valence-corrected chi connectivity index (χ0v) is 19.4. The topological polar surface area (TPSA) is 44.9 Å². The van der Waals surface area contributed by atoms with Gasteiger partial charge < -0.3 is 4.74 Å². The largest absolute Gasteiger partial charge is 0.369 e. The minimum Gasteiger partial charge on any atom is -0.369 e. The van der Waals surface area contributed by atoms with Gasteiger partial charge in [-0.1, -0.05) is 30.3 Å². The number of ether oxygens (including phenoxy) is 1. The maximum atomic E-state index is 14.3. The molecule has 5 rings (SSSR count). The molecule has 0 amide bonds. The molecule has 0 radical (unpaired) electrons. The van der Waals surface area contributed by atoms with Crippen LogP contribution in [0.25, 0.3) is 5.69 Å². The van der Waals surface area contributed by atoms with Crippen LogP contribution >= 0.6 is 0 Å². The molecule has 0 aliphatic heterocycles. The fourth-order valence-corrected chi connectivity index (χ4v) is 4.18. The van der Waals surface area contributed by atoms with Gasteiger partial charge in [0.2, 0.25) is 0 Å². The predicted molar refractivity (Wildman–Crippen MR) is 126 cm³/mol. The molecule has 2 aromatic heterocycles. The van der Waals surface area contributed by atoms with Gasteiger partial charge in [-0.25, -0.2) is 17.9 Å². The number of hydrogen-bond acceptors (Lipinski definition) is 3. The van der Waals surface area contributed by atoms with Crippen LogP contribution in [0.5, 0.6) is 0 Å². The van der Waals surface area contributed by atoms with E-state index in [2.05, 4.69) is 10.2 Å². The number of nitrogens with zero attached hydrogens (tertiary/aromatic N) is 4. The second-order valence-electron chi connectivity index (χ2n) is 9.11. The average Bonchev–Trinajstić information content (AvgIpc) is 3.39. The van der Waals surface area contributed by atoms with Crippen LogP contribution in [0.15, 0.2) is 67.0 Å². The van der Waals surface area contributed by atoms with E-state index in [4.69, 9.17) is 4.74 Å². The normalized spacial score (nSPS) is 14.5. The zero-order valence-electron chi connectivity index (χ0n) is 19.4. The third kappa shape index (κ3) is 5.65. The number of hydrogen-bond donors (Lipinski definition) is 0. The maximum absolute atomic E-state index is 14.3. The molecule has 1 fully saturated rings. The molecule has 0 N–H and O–H groups in total. The third-order valence-electron chi connectivity index (χ3n) is 6.24. The standard InChI is InChI=1S/C27H27F3N4O/c1-18(35-17-20-5-3-2-4-6-20)24-12-22(28)9-10-26(24)34-23(13-25(32-34)27(29)30)11-21-14-31-33(16-21)15-19-7-8-19/h2-6,9-10,12-14,16,18-19,27H,7-8,11,15,17H2,1H3/t18-/m1/s1. The van der Waals surface area contributed by atoms with Gasteiger partial charge in [0.15, 0.2) is 0 Å². The highest BCUT2D eigenvalue weighted by atomic mass is 19.3. The summed E-state index contributed by atoms with van der Waals surface area (Å²) >= 11 is 0. The second kappa shape index (κ2) is 10.1. The van der Waals surface area contributed by atoms with Crippen molar-refractivity contribution in [3.05, 3.63) is 101 Å². The van der Waals surface area contributed by atoms with Gasteiger partial charge in [-0.3, -0.25) is 4.68 Å². The van der Waals surface area contributed by atoms with Gasteiger partial charge in [0.1, 0.15) is 11.5 Å². The Morgan fingerprint density at radius 2 is 1.86 bits per heavy atom. The molecule has 182 valence electrons. The van der Waals surface area contributed by atoms with Crippen molar-refractivity contribution in [3.8, 4) is 5.69 Å². The molecule has 0 bridgehead atoms. The van der Waals surface area contributed by atoms with Crippen LogP contribution in [-0.4, -0.2) is 19.6 Å². The fourth-order valence-electron chi connectivity index (χ4n) is 4.18. The molecule has 35 heavy (non-hydrogen) atoms. The van der Waals surface area contributed by atoms with Gasteiger partial charge in [-0.05, 0) is 61.1 Å². The molecule has 0 unspecified atom stereocenters. The van der Waals surface area contributed by atoms with Crippen molar-refractivity contribution < 1.29 is 17.9 Å².